The van der Waals surface area contributed by atoms with Crippen molar-refractivity contribution in [2.45, 2.75) is 55.4 Å². The second kappa shape index (κ2) is 19.0. The quantitative estimate of drug-likeness (QED) is 0.0552. The van der Waals surface area contributed by atoms with Gasteiger partial charge in [-0.1, -0.05) is 60.7 Å². The molecule has 310 valence electrons. The van der Waals surface area contributed by atoms with Gasteiger partial charge in [0.15, 0.2) is 0 Å². The van der Waals surface area contributed by atoms with Gasteiger partial charge in [0, 0.05) is 31.1 Å². The number of carbonyl (C=O) groups excluding carboxylic acids is 2. The molecule has 6 N–H and O–H groups in total. The smallest absolute Gasteiger partial charge is 0.408 e. The molecule has 5 aromatic rings. The number of pyridine rings is 1. The van der Waals surface area contributed by atoms with Crippen molar-refractivity contribution in [1.29, 1.82) is 0 Å². The molecule has 8 rings (SSSR count). The van der Waals surface area contributed by atoms with Crippen LogP contribution < -0.4 is 20.9 Å². The molecule has 0 aliphatic carbocycles. The van der Waals surface area contributed by atoms with Gasteiger partial charge >= 0.3 is 12.1 Å². The normalized spacial score (nSPS) is 18.6. The number of hydrogen-bond acceptors (Lipinski definition) is 11. The molecule has 4 aromatic carbocycles. The number of amides is 1. The average Bonchev–Trinajstić information content (AvgIpc) is 3.25. The van der Waals surface area contributed by atoms with Crippen LogP contribution in [0.15, 0.2) is 113 Å². The molecule has 3 fully saturated rings. The van der Waals surface area contributed by atoms with Crippen molar-refractivity contribution in [3.8, 4) is 5.75 Å². The number of hydrogen-bond donors (Lipinski definition) is 6. The second-order valence-electron chi connectivity index (χ2n) is 15.0. The highest BCUT2D eigenvalue weighted by Gasteiger charge is 2.37. The van der Waals surface area contributed by atoms with Crippen LogP contribution in [0, 0.1) is 5.92 Å². The summed E-state index contributed by atoms with van der Waals surface area (Å²) in [4.78, 5) is 43.1. The molecule has 1 amide bonds. The van der Waals surface area contributed by atoms with E-state index in [-0.39, 0.29) is 47.5 Å². The number of piperidine rings is 3. The van der Waals surface area contributed by atoms with Gasteiger partial charge in [-0.05, 0) is 110 Å². The summed E-state index contributed by atoms with van der Waals surface area (Å²) < 4.78 is 40.0. The minimum Gasteiger partial charge on any atom is -0.506 e. The number of carbonyl (C=O) groups is 2. The molecule has 0 spiro atoms. The van der Waals surface area contributed by atoms with Gasteiger partial charge in [-0.2, -0.15) is 0 Å². The molecule has 3 atom stereocenters. The molecule has 14 nitrogen and oxygen atoms in total. The number of aliphatic hydroxyl groups excluding tert-OH is 1. The Morgan fingerprint density at radius 3 is 2.37 bits per heavy atom. The van der Waals surface area contributed by atoms with E-state index in [1.54, 1.807) is 42.5 Å². The number of unbranched alkanes of at least 4 members (excludes halogenated alkanes) is 1. The van der Waals surface area contributed by atoms with Gasteiger partial charge in [0.2, 0.25) is 15.6 Å². The van der Waals surface area contributed by atoms with Crippen molar-refractivity contribution in [2.24, 2.45) is 5.92 Å². The third-order valence-corrected chi connectivity index (χ3v) is 12.5. The number of fused-ring (bicyclic) bond motifs is 4. The largest absolute Gasteiger partial charge is 0.506 e. The van der Waals surface area contributed by atoms with E-state index in [9.17, 15) is 33.0 Å². The number of aromatic hydroxyl groups is 1. The van der Waals surface area contributed by atoms with Crippen molar-refractivity contribution >= 4 is 33.0 Å². The van der Waals surface area contributed by atoms with Gasteiger partial charge < -0.3 is 35.3 Å². The van der Waals surface area contributed by atoms with Gasteiger partial charge in [0.05, 0.1) is 28.1 Å². The number of benzene rings is 4. The van der Waals surface area contributed by atoms with E-state index in [0.717, 1.165) is 38.0 Å². The number of phenols is 1. The van der Waals surface area contributed by atoms with E-state index in [1.807, 2.05) is 36.4 Å². The monoisotopic (exact) mass is 823 g/mol. The summed E-state index contributed by atoms with van der Waals surface area (Å²) >= 11 is 0. The topological polar surface area (TPSA) is 199 Å². The number of aromatic nitrogens is 1. The van der Waals surface area contributed by atoms with Crippen LogP contribution in [0.4, 0.5) is 4.79 Å². The van der Waals surface area contributed by atoms with Gasteiger partial charge in [-0.3, -0.25) is 9.69 Å². The first kappa shape index (κ1) is 41.6. The molecule has 0 saturated carbocycles. The predicted octanol–water partition coefficient (Wildman–Crippen LogP) is 4.88. The Hall–Kier alpha value is -5.58. The number of nitrogens with zero attached hydrogens (tertiary/aromatic N) is 1. The van der Waals surface area contributed by atoms with Crippen molar-refractivity contribution < 1.29 is 37.7 Å². The number of phenolic OH excluding ortho intramolecular Hbond substituents is 1. The van der Waals surface area contributed by atoms with Crippen LogP contribution in [0.2, 0.25) is 0 Å². The highest BCUT2D eigenvalue weighted by molar-refractivity contribution is 7.89. The summed E-state index contributed by atoms with van der Waals surface area (Å²) in [7, 11) is -3.78. The number of ether oxygens (including phenoxy) is 2. The summed E-state index contributed by atoms with van der Waals surface area (Å²) in [6.07, 6.45) is 1.70. The molecule has 1 aromatic heterocycles. The summed E-state index contributed by atoms with van der Waals surface area (Å²) in [6, 6.07) is 27.9. The van der Waals surface area contributed by atoms with Crippen LogP contribution in [0.25, 0.3) is 10.9 Å². The Balaban J connectivity index is 0.860. The first-order valence-electron chi connectivity index (χ1n) is 19.9. The lowest BCUT2D eigenvalue weighted by Crippen LogP contribution is -2.52. The van der Waals surface area contributed by atoms with E-state index in [0.29, 0.717) is 52.9 Å². The zero-order valence-electron chi connectivity index (χ0n) is 32.5. The first-order chi connectivity index (χ1) is 28.5. The Labute approximate surface area is 342 Å². The fraction of sp³-hybridized carbons (Fsp3) is 0.341. The van der Waals surface area contributed by atoms with Crippen LogP contribution in [0.3, 0.4) is 0 Å². The third-order valence-electron chi connectivity index (χ3n) is 11.0. The molecular formula is C44H49N5O9S. The Morgan fingerprint density at radius 2 is 1.63 bits per heavy atom. The van der Waals surface area contributed by atoms with Crippen molar-refractivity contribution in [3.05, 3.63) is 141 Å². The van der Waals surface area contributed by atoms with Crippen LogP contribution in [0.1, 0.15) is 70.4 Å². The molecule has 4 heterocycles. The standard InChI is InChI=1S/C44H49N5O9S/c50-37-17-15-35(36-16-18-40(52)47-42(36)37)38(51)26-45-21-4-5-22-46-59(55,56)34-13-11-29(12-14-34)28-57-43(53)33-10-6-9-32(25-33)41(31-7-2-1-3-8-31)48-44(54)58-39-27-49-23-19-30(39)20-24-49/h1-3,6-18,25,30,38-39,41,45-46,50-51H,4-5,19-24,26-28H2,(H,47,52)(H,48,54). The lowest BCUT2D eigenvalue weighted by Gasteiger charge is -2.43. The SMILES string of the molecule is O=C(NC(c1ccccc1)c1cccc(C(=O)OCc2ccc(S(=O)(=O)NCCCCNCC(O)c3ccc(O)c4[nH]c(=O)ccc34)cc2)c1)OC1CN2CCC1CC2. The second-order valence-corrected chi connectivity index (χ2v) is 16.8. The number of aromatic amines is 1. The van der Waals surface area contributed by atoms with Gasteiger partial charge in [-0.25, -0.2) is 22.7 Å². The zero-order chi connectivity index (χ0) is 41.4. The molecule has 15 heteroatoms. The summed E-state index contributed by atoms with van der Waals surface area (Å²) in [5, 5.41) is 27.5. The highest BCUT2D eigenvalue weighted by atomic mass is 32.2. The molecule has 3 aliphatic rings. The number of H-pyrrole nitrogens is 1. The van der Waals surface area contributed by atoms with Crippen LogP contribution in [-0.4, -0.2) is 85.9 Å². The molecule has 3 unspecified atom stereocenters. The molecule has 2 bridgehead atoms. The predicted molar refractivity (Wildman–Crippen MR) is 221 cm³/mol. The van der Waals surface area contributed by atoms with E-state index in [2.05, 4.69) is 25.2 Å². The fourth-order valence-corrected chi connectivity index (χ4v) is 8.82. The zero-order valence-corrected chi connectivity index (χ0v) is 33.3. The van der Waals surface area contributed by atoms with Gasteiger partial charge in [-0.15, -0.1) is 0 Å². The Morgan fingerprint density at radius 1 is 0.881 bits per heavy atom. The van der Waals surface area contributed by atoms with Crippen LogP contribution in [0.5, 0.6) is 5.75 Å². The van der Waals surface area contributed by atoms with E-state index in [1.165, 1.54) is 24.3 Å². The number of sulfonamides is 1. The van der Waals surface area contributed by atoms with E-state index < -0.39 is 34.2 Å². The first-order valence-corrected chi connectivity index (χ1v) is 21.4. The number of rotatable bonds is 17. The molecule has 0 radical (unpaired) electrons. The Kier molecular flexibility index (Phi) is 13.4. The summed E-state index contributed by atoms with van der Waals surface area (Å²) in [5.41, 5.74) is 2.90. The third kappa shape index (κ3) is 10.5. The maximum absolute atomic E-state index is 13.2. The van der Waals surface area contributed by atoms with Crippen molar-refractivity contribution in [3.63, 3.8) is 0 Å². The molecular weight excluding hydrogens is 775 g/mol. The van der Waals surface area contributed by atoms with Crippen molar-refractivity contribution in [2.75, 3.05) is 39.3 Å². The minimum atomic E-state index is -3.78. The number of esters is 1. The van der Waals surface area contributed by atoms with Crippen molar-refractivity contribution in [1.82, 2.24) is 25.2 Å². The van der Waals surface area contributed by atoms with E-state index >= 15 is 0 Å². The molecule has 3 aliphatic heterocycles. The van der Waals surface area contributed by atoms with Crippen LogP contribution in [-0.2, 0) is 26.1 Å². The van der Waals surface area contributed by atoms with Gasteiger partial charge in [0.25, 0.3) is 0 Å². The molecule has 59 heavy (non-hydrogen) atoms. The average molecular weight is 824 g/mol. The van der Waals surface area contributed by atoms with Gasteiger partial charge in [0.1, 0.15) is 18.5 Å². The van der Waals surface area contributed by atoms with Crippen LogP contribution >= 0.6 is 0 Å². The molecule has 3 saturated heterocycles. The maximum Gasteiger partial charge on any atom is 0.408 e. The lowest BCUT2D eigenvalue weighted by molar-refractivity contribution is -0.0336. The number of aliphatic hydroxyl groups is 1. The maximum atomic E-state index is 13.2. The fourth-order valence-electron chi connectivity index (χ4n) is 7.74. The summed E-state index contributed by atoms with van der Waals surface area (Å²) in [6.45, 7) is 3.72. The number of nitrogens with one attached hydrogen (secondary N) is 4. The van der Waals surface area contributed by atoms with E-state index in [4.69, 9.17) is 9.47 Å². The highest BCUT2D eigenvalue weighted by Crippen LogP contribution is 2.31. The Bertz CT molecular complexity index is 2400. The number of alkyl carbamates (subject to hydrolysis) is 1. The minimum absolute atomic E-state index is 0.0761. The summed E-state index contributed by atoms with van der Waals surface area (Å²) in [5.74, 6) is -0.279. The lowest BCUT2D eigenvalue weighted by atomic mass is 9.86.